The molecule has 0 fully saturated rings. The number of benzene rings is 1. The van der Waals surface area contributed by atoms with Gasteiger partial charge in [0.15, 0.2) is 11.6 Å². The first-order chi connectivity index (χ1) is 5.84. The fourth-order valence-electron chi connectivity index (χ4n) is 0.736. The molecule has 1 aromatic rings. The first kappa shape index (κ1) is 9.07. The Morgan fingerprint density at radius 2 is 2.17 bits per heavy atom. The highest BCUT2D eigenvalue weighted by atomic mass is 35.5. The highest BCUT2D eigenvalue weighted by Gasteiger charge is 1.98. The van der Waals surface area contributed by atoms with E-state index in [1.807, 2.05) is 0 Å². The zero-order chi connectivity index (χ0) is 8.81. The van der Waals surface area contributed by atoms with Crippen LogP contribution in [-0.2, 0) is 0 Å². The van der Waals surface area contributed by atoms with Gasteiger partial charge in [0, 0.05) is 5.54 Å². The zero-order valence-corrected chi connectivity index (χ0v) is 7.09. The van der Waals surface area contributed by atoms with Crippen molar-refractivity contribution in [2.45, 2.75) is 0 Å². The Morgan fingerprint density at radius 3 is 2.83 bits per heavy atom. The Kier molecular flexibility index (Phi) is 3.61. The predicted octanol–water partition coefficient (Wildman–Crippen LogP) is 2.96. The molecule has 1 rings (SSSR count). The Bertz CT molecular complexity index is 273. The fraction of sp³-hybridized carbons (Fsp3) is 0.111. The maximum Gasteiger partial charge on any atom is 0.165 e. The molecule has 0 aliphatic carbocycles. The molecule has 0 amide bonds. The molecular weight excluding hydrogens is 179 g/mol. The lowest BCUT2D eigenvalue weighted by molar-refractivity contribution is 0.342. The van der Waals surface area contributed by atoms with Crippen molar-refractivity contribution in [1.29, 1.82) is 0 Å². The minimum Gasteiger partial charge on any atom is -0.486 e. The lowest BCUT2D eigenvalue weighted by Gasteiger charge is -2.02. The summed E-state index contributed by atoms with van der Waals surface area (Å²) in [7, 11) is 0. The molecule has 64 valence electrons. The third-order valence-electron chi connectivity index (χ3n) is 1.26. The Morgan fingerprint density at radius 1 is 1.42 bits per heavy atom. The number of halogens is 2. The molecule has 12 heavy (non-hydrogen) atoms. The van der Waals surface area contributed by atoms with Gasteiger partial charge in [-0.3, -0.25) is 0 Å². The van der Waals surface area contributed by atoms with Gasteiger partial charge < -0.3 is 4.74 Å². The van der Waals surface area contributed by atoms with Crippen molar-refractivity contribution < 1.29 is 9.13 Å². The SMILES string of the molecule is Fc1ccccc1OCC=CCl. The maximum absolute atomic E-state index is 12.8. The molecule has 0 unspecified atom stereocenters. The second kappa shape index (κ2) is 4.78. The van der Waals surface area contributed by atoms with Gasteiger partial charge in [-0.25, -0.2) is 4.39 Å². The van der Waals surface area contributed by atoms with Crippen LogP contribution in [0.5, 0.6) is 5.75 Å². The third kappa shape index (κ3) is 2.55. The van der Waals surface area contributed by atoms with Crippen LogP contribution < -0.4 is 4.74 Å². The lowest BCUT2D eigenvalue weighted by atomic mass is 10.3. The molecule has 0 N–H and O–H groups in total. The smallest absolute Gasteiger partial charge is 0.165 e. The van der Waals surface area contributed by atoms with Crippen LogP contribution in [0.25, 0.3) is 0 Å². The summed E-state index contributed by atoms with van der Waals surface area (Å²) >= 11 is 5.25. The standard InChI is InChI=1S/C9H8ClFO/c10-6-3-7-12-9-5-2-1-4-8(9)11/h1-6H,7H2. The van der Waals surface area contributed by atoms with Crippen LogP contribution in [0, 0.1) is 5.82 Å². The van der Waals surface area contributed by atoms with Crippen LogP contribution in [0.1, 0.15) is 0 Å². The van der Waals surface area contributed by atoms with Crippen LogP contribution in [0.2, 0.25) is 0 Å². The summed E-state index contributed by atoms with van der Waals surface area (Å²) in [5, 5.41) is 0. The van der Waals surface area contributed by atoms with Crippen molar-refractivity contribution in [3.8, 4) is 5.75 Å². The van der Waals surface area contributed by atoms with Crippen LogP contribution in [0.4, 0.5) is 4.39 Å². The number of rotatable bonds is 3. The number of para-hydroxylation sites is 1. The topological polar surface area (TPSA) is 9.23 Å². The zero-order valence-electron chi connectivity index (χ0n) is 6.34. The quantitative estimate of drug-likeness (QED) is 0.705. The van der Waals surface area contributed by atoms with E-state index in [1.54, 1.807) is 24.3 Å². The van der Waals surface area contributed by atoms with Crippen molar-refractivity contribution >= 4 is 11.6 Å². The molecule has 0 saturated heterocycles. The van der Waals surface area contributed by atoms with Crippen LogP contribution >= 0.6 is 11.6 Å². The monoisotopic (exact) mass is 186 g/mol. The second-order valence-electron chi connectivity index (χ2n) is 2.10. The van der Waals surface area contributed by atoms with E-state index >= 15 is 0 Å². The molecule has 0 aliphatic rings. The van der Waals surface area contributed by atoms with Crippen molar-refractivity contribution in [2.75, 3.05) is 6.61 Å². The van der Waals surface area contributed by atoms with Gasteiger partial charge in [-0.2, -0.15) is 0 Å². The van der Waals surface area contributed by atoms with E-state index in [2.05, 4.69) is 0 Å². The van der Waals surface area contributed by atoms with E-state index in [9.17, 15) is 4.39 Å². The summed E-state index contributed by atoms with van der Waals surface area (Å²) in [6, 6.07) is 6.24. The normalized spacial score (nSPS) is 10.5. The third-order valence-corrected chi connectivity index (χ3v) is 1.44. The fourth-order valence-corrected chi connectivity index (χ4v) is 0.809. The van der Waals surface area contributed by atoms with Gasteiger partial charge >= 0.3 is 0 Å². The minimum absolute atomic E-state index is 0.243. The van der Waals surface area contributed by atoms with Gasteiger partial charge in [0.1, 0.15) is 6.61 Å². The first-order valence-electron chi connectivity index (χ1n) is 3.47. The van der Waals surface area contributed by atoms with E-state index in [4.69, 9.17) is 16.3 Å². The van der Waals surface area contributed by atoms with Gasteiger partial charge in [-0.05, 0) is 18.2 Å². The molecular formula is C9H8ClFO. The lowest BCUT2D eigenvalue weighted by Crippen LogP contribution is -1.94. The molecule has 0 aromatic heterocycles. The molecule has 1 aromatic carbocycles. The Balaban J connectivity index is 2.57. The summed E-state index contributed by atoms with van der Waals surface area (Å²) < 4.78 is 17.9. The van der Waals surface area contributed by atoms with E-state index in [0.717, 1.165) is 0 Å². The Labute approximate surface area is 75.4 Å². The van der Waals surface area contributed by atoms with Gasteiger partial charge in [-0.1, -0.05) is 23.7 Å². The molecule has 0 heterocycles. The van der Waals surface area contributed by atoms with Crippen LogP contribution in [0.3, 0.4) is 0 Å². The van der Waals surface area contributed by atoms with Gasteiger partial charge in [-0.15, -0.1) is 0 Å². The van der Waals surface area contributed by atoms with Crippen molar-refractivity contribution in [3.63, 3.8) is 0 Å². The summed E-state index contributed by atoms with van der Waals surface area (Å²) in [6.45, 7) is 0.282. The predicted molar refractivity (Wildman–Crippen MR) is 46.9 cm³/mol. The van der Waals surface area contributed by atoms with Crippen molar-refractivity contribution in [1.82, 2.24) is 0 Å². The van der Waals surface area contributed by atoms with E-state index in [1.165, 1.54) is 11.6 Å². The van der Waals surface area contributed by atoms with Gasteiger partial charge in [0.05, 0.1) is 0 Å². The molecule has 0 saturated carbocycles. The van der Waals surface area contributed by atoms with Crippen LogP contribution in [-0.4, -0.2) is 6.61 Å². The molecule has 0 bridgehead atoms. The summed E-state index contributed by atoms with van der Waals surface area (Å²) in [5.41, 5.74) is 1.33. The van der Waals surface area contributed by atoms with Crippen molar-refractivity contribution in [2.24, 2.45) is 0 Å². The first-order valence-corrected chi connectivity index (χ1v) is 3.91. The summed E-state index contributed by atoms with van der Waals surface area (Å²) in [6.07, 6.45) is 1.59. The summed E-state index contributed by atoms with van der Waals surface area (Å²) in [5.74, 6) is -0.118. The Hall–Kier alpha value is -1.02. The van der Waals surface area contributed by atoms with E-state index < -0.39 is 0 Å². The van der Waals surface area contributed by atoms with Crippen LogP contribution in [0.15, 0.2) is 35.9 Å². The van der Waals surface area contributed by atoms with Crippen molar-refractivity contribution in [3.05, 3.63) is 41.7 Å². The number of hydrogen-bond acceptors (Lipinski definition) is 1. The average molecular weight is 187 g/mol. The molecule has 0 spiro atoms. The molecule has 0 aliphatic heterocycles. The molecule has 1 nitrogen and oxygen atoms in total. The highest BCUT2D eigenvalue weighted by molar-refractivity contribution is 6.25. The number of ether oxygens (including phenoxy) is 1. The second-order valence-corrected chi connectivity index (χ2v) is 2.36. The maximum atomic E-state index is 12.8. The van der Waals surface area contributed by atoms with Gasteiger partial charge in [0.25, 0.3) is 0 Å². The highest BCUT2D eigenvalue weighted by Crippen LogP contribution is 2.14. The molecule has 3 heteroatoms. The van der Waals surface area contributed by atoms with E-state index in [0.29, 0.717) is 0 Å². The average Bonchev–Trinajstić information content (AvgIpc) is 2.09. The minimum atomic E-state index is -0.361. The summed E-state index contributed by atoms with van der Waals surface area (Å²) in [4.78, 5) is 0. The van der Waals surface area contributed by atoms with Gasteiger partial charge in [0.2, 0.25) is 0 Å². The molecule has 0 atom stereocenters. The largest absolute Gasteiger partial charge is 0.486 e. The number of hydrogen-bond donors (Lipinski definition) is 0. The van der Waals surface area contributed by atoms with E-state index in [-0.39, 0.29) is 18.2 Å². The molecule has 0 radical (unpaired) electrons.